The Morgan fingerprint density at radius 3 is 2.35 bits per heavy atom. The Morgan fingerprint density at radius 2 is 1.71 bits per heavy atom. The van der Waals surface area contributed by atoms with Gasteiger partial charge in [0.15, 0.2) is 0 Å². The summed E-state index contributed by atoms with van der Waals surface area (Å²) in [5.74, 6) is -1.60. The number of halogens is 1. The monoisotopic (exact) mass is 230 g/mol. The van der Waals surface area contributed by atoms with Crippen LogP contribution in [0.3, 0.4) is 0 Å². The Kier molecular flexibility index (Phi) is 3.05. The third kappa shape index (κ3) is 2.60. The molecule has 1 N–H and O–H groups in total. The molecule has 86 valence electrons. The number of para-hydroxylation sites is 1. The van der Waals surface area contributed by atoms with Gasteiger partial charge in [-0.05, 0) is 30.3 Å². The van der Waals surface area contributed by atoms with E-state index in [1.54, 1.807) is 18.2 Å². The van der Waals surface area contributed by atoms with Gasteiger partial charge in [-0.3, -0.25) is 0 Å². The van der Waals surface area contributed by atoms with Crippen LogP contribution in [0, 0.1) is 5.82 Å². The van der Waals surface area contributed by atoms with Gasteiger partial charge in [-0.2, -0.15) is 0 Å². The van der Waals surface area contributed by atoms with Gasteiger partial charge in [0, 0.05) is 16.9 Å². The Morgan fingerprint density at radius 1 is 1.06 bits per heavy atom. The molecule has 0 radical (unpaired) electrons. The summed E-state index contributed by atoms with van der Waals surface area (Å²) in [4.78, 5) is 10.9. The maximum Gasteiger partial charge on any atom is 0.123 e. The molecule has 0 unspecified atom stereocenters. The summed E-state index contributed by atoms with van der Waals surface area (Å²) in [6.45, 7) is 0. The zero-order chi connectivity index (χ0) is 12.3. The van der Waals surface area contributed by atoms with Gasteiger partial charge in [0.05, 0.1) is 5.97 Å². The van der Waals surface area contributed by atoms with Gasteiger partial charge in [-0.1, -0.05) is 18.2 Å². The van der Waals surface area contributed by atoms with Crippen molar-refractivity contribution < 1.29 is 14.3 Å². The predicted octanol–water partition coefficient (Wildman–Crippen LogP) is 1.93. The number of hydrogen-bond acceptors (Lipinski definition) is 3. The maximum atomic E-state index is 12.7. The molecule has 2 aromatic carbocycles. The van der Waals surface area contributed by atoms with Crippen molar-refractivity contribution in [3.05, 3.63) is 59.9 Å². The van der Waals surface area contributed by atoms with E-state index in [0.717, 1.165) is 0 Å². The lowest BCUT2D eigenvalue weighted by molar-refractivity contribution is -0.254. The normalized spacial score (nSPS) is 9.94. The Labute approximate surface area is 97.5 Å². The van der Waals surface area contributed by atoms with E-state index in [0.29, 0.717) is 11.4 Å². The molecule has 0 aliphatic rings. The van der Waals surface area contributed by atoms with Crippen molar-refractivity contribution in [1.29, 1.82) is 0 Å². The van der Waals surface area contributed by atoms with Gasteiger partial charge in [0.1, 0.15) is 5.82 Å². The molecule has 0 fully saturated rings. The molecular formula is C13H9FNO2-. The van der Waals surface area contributed by atoms with E-state index in [1.165, 1.54) is 30.3 Å². The fourth-order valence-electron chi connectivity index (χ4n) is 1.46. The topological polar surface area (TPSA) is 52.2 Å². The molecule has 0 saturated heterocycles. The Bertz CT molecular complexity index is 537. The fraction of sp³-hybridized carbons (Fsp3) is 0. The molecular weight excluding hydrogens is 221 g/mol. The SMILES string of the molecule is O=C([O-])c1ccccc1Nc1ccc(F)cc1. The molecule has 0 aliphatic heterocycles. The number of benzene rings is 2. The van der Waals surface area contributed by atoms with Crippen LogP contribution in [-0.2, 0) is 0 Å². The van der Waals surface area contributed by atoms with E-state index in [1.807, 2.05) is 0 Å². The van der Waals surface area contributed by atoms with E-state index in [2.05, 4.69) is 5.32 Å². The van der Waals surface area contributed by atoms with Crippen LogP contribution in [0.5, 0.6) is 0 Å². The molecule has 0 saturated carbocycles. The van der Waals surface area contributed by atoms with Crippen molar-refractivity contribution >= 4 is 17.3 Å². The fourth-order valence-corrected chi connectivity index (χ4v) is 1.46. The summed E-state index contributed by atoms with van der Waals surface area (Å²) >= 11 is 0. The molecule has 2 aromatic rings. The quantitative estimate of drug-likeness (QED) is 0.876. The summed E-state index contributed by atoms with van der Waals surface area (Å²) in [5, 5.41) is 13.7. The first-order valence-corrected chi connectivity index (χ1v) is 5.00. The van der Waals surface area contributed by atoms with Gasteiger partial charge in [0.25, 0.3) is 0 Å². The van der Waals surface area contributed by atoms with E-state index in [4.69, 9.17) is 0 Å². The van der Waals surface area contributed by atoms with Gasteiger partial charge in [-0.25, -0.2) is 4.39 Å². The smallest absolute Gasteiger partial charge is 0.123 e. The molecule has 17 heavy (non-hydrogen) atoms. The number of carboxylic acids is 1. The second-order valence-electron chi connectivity index (χ2n) is 3.46. The first-order chi connectivity index (χ1) is 8.16. The lowest BCUT2D eigenvalue weighted by atomic mass is 10.1. The largest absolute Gasteiger partial charge is 0.545 e. The minimum Gasteiger partial charge on any atom is -0.545 e. The van der Waals surface area contributed by atoms with Gasteiger partial charge in [-0.15, -0.1) is 0 Å². The lowest BCUT2D eigenvalue weighted by Crippen LogP contribution is -2.23. The first-order valence-electron chi connectivity index (χ1n) is 5.00. The van der Waals surface area contributed by atoms with Crippen LogP contribution in [0.4, 0.5) is 15.8 Å². The maximum absolute atomic E-state index is 12.7. The van der Waals surface area contributed by atoms with Gasteiger partial charge >= 0.3 is 0 Å². The molecule has 3 nitrogen and oxygen atoms in total. The van der Waals surface area contributed by atoms with Crippen molar-refractivity contribution in [2.24, 2.45) is 0 Å². The zero-order valence-corrected chi connectivity index (χ0v) is 8.81. The number of rotatable bonds is 3. The molecule has 2 rings (SSSR count). The standard InChI is InChI=1S/C13H10FNO2/c14-9-5-7-10(8-6-9)15-12-4-2-1-3-11(12)13(16)17/h1-8,15H,(H,16,17)/p-1. The van der Waals surface area contributed by atoms with E-state index in [9.17, 15) is 14.3 Å². The zero-order valence-electron chi connectivity index (χ0n) is 8.81. The van der Waals surface area contributed by atoms with Crippen molar-refractivity contribution in [3.63, 3.8) is 0 Å². The second kappa shape index (κ2) is 4.65. The van der Waals surface area contributed by atoms with Crippen LogP contribution < -0.4 is 10.4 Å². The Hall–Kier alpha value is -2.36. The molecule has 0 spiro atoms. The van der Waals surface area contributed by atoms with Crippen LogP contribution in [0.15, 0.2) is 48.5 Å². The van der Waals surface area contributed by atoms with Crippen LogP contribution >= 0.6 is 0 Å². The highest BCUT2D eigenvalue weighted by atomic mass is 19.1. The van der Waals surface area contributed by atoms with E-state index >= 15 is 0 Å². The molecule has 0 aliphatic carbocycles. The number of anilines is 2. The third-order valence-electron chi connectivity index (χ3n) is 2.27. The van der Waals surface area contributed by atoms with Crippen molar-refractivity contribution in [1.82, 2.24) is 0 Å². The summed E-state index contributed by atoms with van der Waals surface area (Å²) in [6.07, 6.45) is 0. The first kappa shape index (κ1) is 11.1. The highest BCUT2D eigenvalue weighted by molar-refractivity contribution is 5.93. The van der Waals surface area contributed by atoms with Crippen LogP contribution in [0.25, 0.3) is 0 Å². The summed E-state index contributed by atoms with van der Waals surface area (Å²) in [5.41, 5.74) is 1.09. The van der Waals surface area contributed by atoms with E-state index in [-0.39, 0.29) is 11.4 Å². The van der Waals surface area contributed by atoms with Crippen LogP contribution in [-0.4, -0.2) is 5.97 Å². The molecule has 0 aromatic heterocycles. The second-order valence-corrected chi connectivity index (χ2v) is 3.46. The van der Waals surface area contributed by atoms with Crippen molar-refractivity contribution in [2.45, 2.75) is 0 Å². The highest BCUT2D eigenvalue weighted by Gasteiger charge is 2.02. The Balaban J connectivity index is 2.30. The molecule has 0 heterocycles. The highest BCUT2D eigenvalue weighted by Crippen LogP contribution is 2.20. The average Bonchev–Trinajstić information content (AvgIpc) is 2.32. The third-order valence-corrected chi connectivity index (χ3v) is 2.27. The predicted molar refractivity (Wildman–Crippen MR) is 60.5 cm³/mol. The van der Waals surface area contributed by atoms with Crippen molar-refractivity contribution in [3.8, 4) is 0 Å². The number of aromatic carboxylic acids is 1. The molecule has 4 heteroatoms. The van der Waals surface area contributed by atoms with Crippen LogP contribution in [0.2, 0.25) is 0 Å². The van der Waals surface area contributed by atoms with Gasteiger partial charge < -0.3 is 15.2 Å². The number of nitrogens with one attached hydrogen (secondary N) is 1. The average molecular weight is 230 g/mol. The summed E-state index contributed by atoms with van der Waals surface area (Å²) in [6, 6.07) is 12.0. The van der Waals surface area contributed by atoms with E-state index < -0.39 is 5.97 Å². The molecule has 0 bridgehead atoms. The number of hydrogen-bond donors (Lipinski definition) is 1. The minimum absolute atomic E-state index is 0.0665. The van der Waals surface area contributed by atoms with Crippen LogP contribution in [0.1, 0.15) is 10.4 Å². The number of carbonyl (C=O) groups excluding carboxylic acids is 1. The number of carboxylic acid groups (broad SMARTS) is 1. The summed E-state index contributed by atoms with van der Waals surface area (Å²) in [7, 11) is 0. The lowest BCUT2D eigenvalue weighted by Gasteiger charge is -2.12. The number of carbonyl (C=O) groups is 1. The summed E-state index contributed by atoms with van der Waals surface area (Å²) < 4.78 is 12.7. The minimum atomic E-state index is -1.25. The van der Waals surface area contributed by atoms with Gasteiger partial charge in [0.2, 0.25) is 0 Å². The molecule has 0 atom stereocenters. The molecule has 0 amide bonds. The van der Waals surface area contributed by atoms with Crippen molar-refractivity contribution in [2.75, 3.05) is 5.32 Å².